The lowest BCUT2D eigenvalue weighted by molar-refractivity contribution is 0.746. The number of fused-ring (bicyclic) bond motifs is 1. The van der Waals surface area contributed by atoms with Crippen LogP contribution in [0.25, 0.3) is 28.4 Å². The molecule has 0 atom stereocenters. The molecule has 0 spiro atoms. The Balaban J connectivity index is 1.70. The third kappa shape index (κ3) is 2.76. The van der Waals surface area contributed by atoms with Crippen molar-refractivity contribution in [2.75, 3.05) is 5.32 Å². The molecule has 0 bridgehead atoms. The summed E-state index contributed by atoms with van der Waals surface area (Å²) in [5.41, 5.74) is 4.15. The second-order valence-corrected chi connectivity index (χ2v) is 7.61. The van der Waals surface area contributed by atoms with E-state index in [1.165, 1.54) is 25.7 Å². The Morgan fingerprint density at radius 3 is 2.61 bits per heavy atom. The number of aryl methyl sites for hydroxylation is 3. The first-order chi connectivity index (χ1) is 13.6. The fourth-order valence-corrected chi connectivity index (χ4v) is 4.09. The standard InChI is InChI=1S/C20H24N8/c1-13-15(16-8-10-27(3)24-16)12-28-17(13)18(22-14-6-4-5-7-14)23-19(25-28)20-21-9-11-26(20)2/h8-12,14H,4-7H2,1-3H3,(H,22,23,25). The lowest BCUT2D eigenvalue weighted by Gasteiger charge is -2.15. The van der Waals surface area contributed by atoms with Crippen LogP contribution in [-0.4, -0.2) is 40.0 Å². The molecule has 28 heavy (non-hydrogen) atoms. The smallest absolute Gasteiger partial charge is 0.218 e. The Morgan fingerprint density at radius 1 is 1.11 bits per heavy atom. The normalized spacial score (nSPS) is 15.0. The Labute approximate surface area is 163 Å². The van der Waals surface area contributed by atoms with Gasteiger partial charge in [-0.2, -0.15) is 5.10 Å². The van der Waals surface area contributed by atoms with Gasteiger partial charge in [-0.25, -0.2) is 14.5 Å². The minimum Gasteiger partial charge on any atom is -0.365 e. The van der Waals surface area contributed by atoms with Crippen molar-refractivity contribution in [3.8, 4) is 22.9 Å². The average Bonchev–Trinajstić information content (AvgIpc) is 3.44. The zero-order chi connectivity index (χ0) is 19.3. The van der Waals surface area contributed by atoms with E-state index in [2.05, 4.69) is 22.3 Å². The van der Waals surface area contributed by atoms with Crippen LogP contribution in [0.4, 0.5) is 5.82 Å². The maximum absolute atomic E-state index is 4.89. The largest absolute Gasteiger partial charge is 0.365 e. The second kappa shape index (κ2) is 6.47. The van der Waals surface area contributed by atoms with Crippen LogP contribution in [0.2, 0.25) is 0 Å². The summed E-state index contributed by atoms with van der Waals surface area (Å²) in [6.45, 7) is 2.11. The van der Waals surface area contributed by atoms with E-state index in [0.717, 1.165) is 34.0 Å². The molecule has 1 N–H and O–H groups in total. The molecular formula is C20H24N8. The molecule has 1 fully saturated rings. The van der Waals surface area contributed by atoms with E-state index in [0.29, 0.717) is 11.9 Å². The van der Waals surface area contributed by atoms with E-state index in [9.17, 15) is 0 Å². The number of imidazole rings is 1. The van der Waals surface area contributed by atoms with Crippen LogP contribution in [0.3, 0.4) is 0 Å². The molecule has 4 aromatic rings. The zero-order valence-electron chi connectivity index (χ0n) is 16.4. The summed E-state index contributed by atoms with van der Waals surface area (Å²) < 4.78 is 5.68. The van der Waals surface area contributed by atoms with Crippen molar-refractivity contribution in [1.29, 1.82) is 0 Å². The van der Waals surface area contributed by atoms with Crippen molar-refractivity contribution in [2.45, 2.75) is 38.6 Å². The fraction of sp³-hybridized carbons (Fsp3) is 0.400. The first-order valence-electron chi connectivity index (χ1n) is 9.74. The van der Waals surface area contributed by atoms with E-state index in [4.69, 9.17) is 10.1 Å². The average molecular weight is 376 g/mol. The van der Waals surface area contributed by atoms with Crippen LogP contribution in [0.1, 0.15) is 31.2 Å². The van der Waals surface area contributed by atoms with Gasteiger partial charge in [-0.3, -0.25) is 4.68 Å². The Bertz CT molecular complexity index is 1140. The molecule has 0 unspecified atom stereocenters. The van der Waals surface area contributed by atoms with Gasteiger partial charge in [-0.1, -0.05) is 12.8 Å². The molecule has 8 nitrogen and oxygen atoms in total. The number of aromatic nitrogens is 7. The minimum atomic E-state index is 0.459. The summed E-state index contributed by atoms with van der Waals surface area (Å²) in [5, 5.41) is 13.0. The van der Waals surface area contributed by atoms with Crippen molar-refractivity contribution in [3.63, 3.8) is 0 Å². The maximum atomic E-state index is 4.89. The van der Waals surface area contributed by atoms with Gasteiger partial charge < -0.3 is 9.88 Å². The first-order valence-corrected chi connectivity index (χ1v) is 9.74. The molecule has 0 radical (unpaired) electrons. The van der Waals surface area contributed by atoms with Crippen LogP contribution < -0.4 is 5.32 Å². The van der Waals surface area contributed by atoms with Crippen molar-refractivity contribution in [2.24, 2.45) is 14.1 Å². The highest BCUT2D eigenvalue weighted by atomic mass is 15.3. The van der Waals surface area contributed by atoms with Crippen molar-refractivity contribution in [1.82, 2.24) is 33.9 Å². The SMILES string of the molecule is Cc1c(-c2ccn(C)n2)cn2nc(-c3nccn3C)nc(NC3CCCC3)c12. The van der Waals surface area contributed by atoms with E-state index in [1.54, 1.807) is 6.20 Å². The molecule has 4 aromatic heterocycles. The summed E-state index contributed by atoms with van der Waals surface area (Å²) in [6, 6.07) is 2.49. The topological polar surface area (TPSA) is 77.9 Å². The maximum Gasteiger partial charge on any atom is 0.218 e. The van der Waals surface area contributed by atoms with E-state index in [-0.39, 0.29) is 0 Å². The highest BCUT2D eigenvalue weighted by molar-refractivity contribution is 5.82. The number of nitrogens with zero attached hydrogens (tertiary/aromatic N) is 7. The Kier molecular flexibility index (Phi) is 3.92. The highest BCUT2D eigenvalue weighted by Crippen LogP contribution is 2.32. The first kappa shape index (κ1) is 17.0. The molecule has 0 aromatic carbocycles. The summed E-state index contributed by atoms with van der Waals surface area (Å²) in [6.07, 6.45) is 12.6. The molecule has 8 heteroatoms. The van der Waals surface area contributed by atoms with Crippen molar-refractivity contribution >= 4 is 11.3 Å². The zero-order valence-corrected chi connectivity index (χ0v) is 16.4. The van der Waals surface area contributed by atoms with Gasteiger partial charge in [-0.15, -0.1) is 5.10 Å². The van der Waals surface area contributed by atoms with Crippen molar-refractivity contribution in [3.05, 3.63) is 36.4 Å². The van der Waals surface area contributed by atoms with E-state index < -0.39 is 0 Å². The van der Waals surface area contributed by atoms with Gasteiger partial charge in [0.15, 0.2) is 11.6 Å². The fourth-order valence-electron chi connectivity index (χ4n) is 4.09. The number of nitrogens with one attached hydrogen (secondary N) is 1. The van der Waals surface area contributed by atoms with Gasteiger partial charge in [-0.05, 0) is 31.4 Å². The van der Waals surface area contributed by atoms with Crippen LogP contribution in [0, 0.1) is 6.92 Å². The monoisotopic (exact) mass is 376 g/mol. The third-order valence-corrected chi connectivity index (χ3v) is 5.59. The Morgan fingerprint density at radius 2 is 1.93 bits per heavy atom. The number of hydrogen-bond acceptors (Lipinski definition) is 5. The van der Waals surface area contributed by atoms with Crippen LogP contribution in [0.5, 0.6) is 0 Å². The lowest BCUT2D eigenvalue weighted by Crippen LogP contribution is -2.17. The van der Waals surface area contributed by atoms with Gasteiger partial charge in [0.2, 0.25) is 5.82 Å². The van der Waals surface area contributed by atoms with Crippen LogP contribution in [0.15, 0.2) is 30.9 Å². The van der Waals surface area contributed by atoms with Gasteiger partial charge >= 0.3 is 0 Å². The third-order valence-electron chi connectivity index (χ3n) is 5.59. The molecule has 0 aliphatic heterocycles. The van der Waals surface area contributed by atoms with Crippen molar-refractivity contribution < 1.29 is 0 Å². The molecule has 5 rings (SSSR count). The molecule has 1 aliphatic rings. The number of rotatable bonds is 4. The molecule has 0 amide bonds. The predicted molar refractivity (Wildman–Crippen MR) is 108 cm³/mol. The number of anilines is 1. The lowest BCUT2D eigenvalue weighted by atomic mass is 10.1. The summed E-state index contributed by atoms with van der Waals surface area (Å²) in [5.74, 6) is 2.24. The highest BCUT2D eigenvalue weighted by Gasteiger charge is 2.22. The second-order valence-electron chi connectivity index (χ2n) is 7.61. The summed E-state index contributed by atoms with van der Waals surface area (Å²) in [7, 11) is 3.89. The molecule has 0 saturated heterocycles. The Hall–Kier alpha value is -3.16. The van der Waals surface area contributed by atoms with Gasteiger partial charge in [0.25, 0.3) is 0 Å². The molecule has 1 aliphatic carbocycles. The van der Waals surface area contributed by atoms with Gasteiger partial charge in [0.1, 0.15) is 5.52 Å². The summed E-state index contributed by atoms with van der Waals surface area (Å²) in [4.78, 5) is 9.33. The molecule has 4 heterocycles. The molecular weight excluding hydrogens is 352 g/mol. The quantitative estimate of drug-likeness (QED) is 0.592. The number of hydrogen-bond donors (Lipinski definition) is 1. The van der Waals surface area contributed by atoms with E-state index >= 15 is 0 Å². The molecule has 1 saturated carbocycles. The predicted octanol–water partition coefficient (Wildman–Crippen LogP) is 3.19. The summed E-state index contributed by atoms with van der Waals surface area (Å²) >= 11 is 0. The van der Waals surface area contributed by atoms with Gasteiger partial charge in [0.05, 0.1) is 5.69 Å². The van der Waals surface area contributed by atoms with Crippen LogP contribution in [-0.2, 0) is 14.1 Å². The van der Waals surface area contributed by atoms with E-state index in [1.807, 2.05) is 52.5 Å². The van der Waals surface area contributed by atoms with Crippen LogP contribution >= 0.6 is 0 Å². The van der Waals surface area contributed by atoms with Gasteiger partial charge in [0, 0.05) is 50.5 Å². The molecule has 144 valence electrons. The minimum absolute atomic E-state index is 0.459.